The first-order valence-electron chi connectivity index (χ1n) is 3.43. The minimum Gasteiger partial charge on any atom is -0.548 e. The third-order valence-electron chi connectivity index (χ3n) is 1.56. The zero-order valence-corrected chi connectivity index (χ0v) is 6.43. The van der Waals surface area contributed by atoms with E-state index < -0.39 is 17.9 Å². The average molecular weight is 181 g/mol. The Kier molecular flexibility index (Phi) is 4.05. The smallest absolute Gasteiger partial charge is 0.261 e. The highest BCUT2D eigenvalue weighted by atomic mass is 19.3. The monoisotopic (exact) mass is 181 g/mol. The topological polar surface area (TPSA) is 92.2 Å². The fourth-order valence-corrected chi connectivity index (χ4v) is 0.695. The van der Waals surface area contributed by atoms with Gasteiger partial charge in [0.05, 0.1) is 5.97 Å². The summed E-state index contributed by atoms with van der Waals surface area (Å²) in [7, 11) is 0. The van der Waals surface area contributed by atoms with Gasteiger partial charge in [0.25, 0.3) is 6.43 Å². The third-order valence-corrected chi connectivity index (χ3v) is 1.56. The molecule has 6 heteroatoms. The zero-order chi connectivity index (χ0) is 9.78. The lowest BCUT2D eigenvalue weighted by molar-refractivity contribution is -0.317. The summed E-state index contributed by atoms with van der Waals surface area (Å²) < 4.78 is 24.1. The highest BCUT2D eigenvalue weighted by molar-refractivity contribution is 5.76. The molecule has 0 aromatic heterocycles. The van der Waals surface area contributed by atoms with Crippen LogP contribution in [0.2, 0.25) is 0 Å². The molecule has 0 heterocycles. The summed E-state index contributed by atoms with van der Waals surface area (Å²) in [5.41, 5.74) is 7.37. The van der Waals surface area contributed by atoms with Gasteiger partial charge in [0.15, 0.2) is 0 Å². The molecular formula is C6H11F2N2O2-. The summed E-state index contributed by atoms with van der Waals surface area (Å²) in [6.07, 6.45) is -3.37. The summed E-state index contributed by atoms with van der Waals surface area (Å²) in [6, 6.07) is 0. The molecule has 0 aliphatic heterocycles. The third kappa shape index (κ3) is 2.38. The molecule has 0 saturated carbocycles. The molecule has 0 saturated heterocycles. The van der Waals surface area contributed by atoms with Gasteiger partial charge in [0.1, 0.15) is 5.54 Å². The number of carbonyl (C=O) groups excluding carboxylic acids is 1. The van der Waals surface area contributed by atoms with Crippen LogP contribution in [0.25, 0.3) is 0 Å². The Hall–Kier alpha value is -0.750. The summed E-state index contributed by atoms with van der Waals surface area (Å²) >= 11 is 0. The lowest BCUT2D eigenvalue weighted by Gasteiger charge is -2.29. The molecule has 0 aromatic carbocycles. The first-order chi connectivity index (χ1) is 5.45. The van der Waals surface area contributed by atoms with Crippen LogP contribution in [0.1, 0.15) is 12.8 Å². The van der Waals surface area contributed by atoms with Gasteiger partial charge in [-0.1, -0.05) is 0 Å². The van der Waals surface area contributed by atoms with E-state index in [0.29, 0.717) is 0 Å². The Morgan fingerprint density at radius 2 is 2.08 bits per heavy atom. The van der Waals surface area contributed by atoms with Crippen molar-refractivity contribution in [3.05, 3.63) is 0 Å². The first-order valence-corrected chi connectivity index (χ1v) is 3.43. The molecule has 0 amide bonds. The zero-order valence-electron chi connectivity index (χ0n) is 6.43. The maximum atomic E-state index is 12.1. The van der Waals surface area contributed by atoms with Gasteiger partial charge in [0.2, 0.25) is 0 Å². The number of rotatable bonds is 5. The number of aliphatic carboxylic acids is 1. The van der Waals surface area contributed by atoms with E-state index >= 15 is 0 Å². The lowest BCUT2D eigenvalue weighted by Crippen LogP contribution is -2.60. The van der Waals surface area contributed by atoms with Crippen molar-refractivity contribution in [2.24, 2.45) is 11.5 Å². The van der Waals surface area contributed by atoms with Gasteiger partial charge in [-0.25, -0.2) is 8.78 Å². The molecule has 0 spiro atoms. The summed E-state index contributed by atoms with van der Waals surface area (Å²) in [4.78, 5) is 10.2. The SMILES string of the molecule is NCCCC(N)(C(=O)[O-])C(F)F. The van der Waals surface area contributed by atoms with E-state index in [-0.39, 0.29) is 19.4 Å². The average Bonchev–Trinajstić information content (AvgIpc) is 1.99. The van der Waals surface area contributed by atoms with Crippen LogP contribution in [0.5, 0.6) is 0 Å². The van der Waals surface area contributed by atoms with Gasteiger partial charge in [-0.3, -0.25) is 0 Å². The van der Waals surface area contributed by atoms with Crippen molar-refractivity contribution in [2.75, 3.05) is 6.54 Å². The van der Waals surface area contributed by atoms with Gasteiger partial charge in [-0.2, -0.15) is 0 Å². The van der Waals surface area contributed by atoms with Crippen molar-refractivity contribution in [3.8, 4) is 0 Å². The van der Waals surface area contributed by atoms with Crippen molar-refractivity contribution >= 4 is 5.97 Å². The molecule has 12 heavy (non-hydrogen) atoms. The summed E-state index contributed by atoms with van der Waals surface area (Å²) in [6.45, 7) is 0.124. The van der Waals surface area contributed by atoms with Crippen molar-refractivity contribution < 1.29 is 18.7 Å². The summed E-state index contributed by atoms with van der Waals surface area (Å²) in [5.74, 6) is -1.94. The molecule has 0 aliphatic rings. The van der Waals surface area contributed by atoms with Crippen LogP contribution in [0.4, 0.5) is 8.78 Å². The number of carboxylic acids is 1. The van der Waals surface area contributed by atoms with E-state index in [1.165, 1.54) is 0 Å². The highest BCUT2D eigenvalue weighted by Gasteiger charge is 2.36. The summed E-state index contributed by atoms with van der Waals surface area (Å²) in [5, 5.41) is 10.2. The van der Waals surface area contributed by atoms with E-state index in [4.69, 9.17) is 11.5 Å². The molecular weight excluding hydrogens is 170 g/mol. The predicted molar refractivity (Wildman–Crippen MR) is 36.2 cm³/mol. The number of carboxylic acid groups (broad SMARTS) is 1. The molecule has 0 bridgehead atoms. The minimum atomic E-state index is -3.13. The second-order valence-electron chi connectivity index (χ2n) is 2.52. The Bertz CT molecular complexity index is 166. The second-order valence-corrected chi connectivity index (χ2v) is 2.52. The van der Waals surface area contributed by atoms with Gasteiger partial charge in [0, 0.05) is 0 Å². The van der Waals surface area contributed by atoms with Gasteiger partial charge >= 0.3 is 0 Å². The second kappa shape index (κ2) is 4.32. The highest BCUT2D eigenvalue weighted by Crippen LogP contribution is 2.17. The Labute approximate surface area is 68.5 Å². The van der Waals surface area contributed by atoms with Crippen LogP contribution in [0, 0.1) is 0 Å². The molecule has 72 valence electrons. The van der Waals surface area contributed by atoms with E-state index in [1.807, 2.05) is 0 Å². The van der Waals surface area contributed by atoms with Crippen molar-refractivity contribution in [2.45, 2.75) is 24.8 Å². The fraction of sp³-hybridized carbons (Fsp3) is 0.833. The van der Waals surface area contributed by atoms with E-state index in [2.05, 4.69) is 0 Å². The molecule has 4 N–H and O–H groups in total. The van der Waals surface area contributed by atoms with Crippen LogP contribution in [-0.2, 0) is 4.79 Å². The molecule has 0 fully saturated rings. The number of alkyl halides is 2. The Morgan fingerprint density at radius 1 is 1.58 bits per heavy atom. The molecule has 1 unspecified atom stereocenters. The molecule has 0 rings (SSSR count). The van der Waals surface area contributed by atoms with Gasteiger partial charge in [-0.15, -0.1) is 0 Å². The molecule has 1 atom stereocenters. The Balaban J connectivity index is 4.29. The van der Waals surface area contributed by atoms with E-state index in [1.54, 1.807) is 0 Å². The van der Waals surface area contributed by atoms with Crippen molar-refractivity contribution in [3.63, 3.8) is 0 Å². The standard InChI is InChI=1S/C6H12F2N2O2/c7-4(8)6(10,5(11)12)2-1-3-9/h4H,1-3,9-10H2,(H,11,12)/p-1. The predicted octanol–water partition coefficient (Wildman–Crippen LogP) is -1.56. The number of hydrogen-bond donors (Lipinski definition) is 2. The van der Waals surface area contributed by atoms with Crippen molar-refractivity contribution in [1.82, 2.24) is 0 Å². The maximum absolute atomic E-state index is 12.1. The fourth-order valence-electron chi connectivity index (χ4n) is 0.695. The molecule has 0 aromatic rings. The van der Waals surface area contributed by atoms with Crippen LogP contribution < -0.4 is 16.6 Å². The Morgan fingerprint density at radius 3 is 2.33 bits per heavy atom. The lowest BCUT2D eigenvalue weighted by atomic mass is 9.95. The molecule has 4 nitrogen and oxygen atoms in total. The number of carbonyl (C=O) groups is 1. The van der Waals surface area contributed by atoms with Crippen LogP contribution in [0.3, 0.4) is 0 Å². The maximum Gasteiger partial charge on any atom is 0.261 e. The van der Waals surface area contributed by atoms with Gasteiger partial charge in [-0.05, 0) is 19.4 Å². The molecule has 0 radical (unpaired) electrons. The number of nitrogens with two attached hydrogens (primary N) is 2. The minimum absolute atomic E-state index is 0.124. The number of hydrogen-bond acceptors (Lipinski definition) is 4. The van der Waals surface area contributed by atoms with Gasteiger partial charge < -0.3 is 21.4 Å². The van der Waals surface area contributed by atoms with Crippen LogP contribution in [-0.4, -0.2) is 24.5 Å². The first kappa shape index (κ1) is 11.2. The molecule has 0 aliphatic carbocycles. The normalized spacial score (nSPS) is 16.1. The quantitative estimate of drug-likeness (QED) is 0.536. The van der Waals surface area contributed by atoms with E-state index in [9.17, 15) is 18.7 Å². The van der Waals surface area contributed by atoms with Crippen molar-refractivity contribution in [1.29, 1.82) is 0 Å². The van der Waals surface area contributed by atoms with E-state index in [0.717, 1.165) is 0 Å². The largest absolute Gasteiger partial charge is 0.548 e. The number of halogens is 2. The van der Waals surface area contributed by atoms with Crippen LogP contribution in [0.15, 0.2) is 0 Å². The van der Waals surface area contributed by atoms with Crippen LogP contribution >= 0.6 is 0 Å².